The maximum absolute atomic E-state index is 12.1. The zero-order chi connectivity index (χ0) is 12.3. The first kappa shape index (κ1) is 12.5. The molecule has 1 fully saturated rings. The lowest BCUT2D eigenvalue weighted by atomic mass is 10.2. The molecule has 0 saturated heterocycles. The number of rotatable bonds is 4. The number of hydrogen-bond donors (Lipinski definition) is 1. The first-order chi connectivity index (χ1) is 8.13. The summed E-state index contributed by atoms with van der Waals surface area (Å²) in [6.07, 6.45) is 2.75. The monoisotopic (exact) mass is 255 g/mol. The smallest absolute Gasteiger partial charge is 0.240 e. The molecule has 17 heavy (non-hydrogen) atoms. The number of sulfonamides is 1. The van der Waals surface area contributed by atoms with E-state index >= 15 is 0 Å². The minimum absolute atomic E-state index is 0.00603. The van der Waals surface area contributed by atoms with Crippen LogP contribution in [0.1, 0.15) is 19.3 Å². The number of ether oxygens (including phenoxy) is 1. The summed E-state index contributed by atoms with van der Waals surface area (Å²) < 4.78 is 32.2. The van der Waals surface area contributed by atoms with Crippen LogP contribution in [-0.4, -0.2) is 27.7 Å². The van der Waals surface area contributed by atoms with Gasteiger partial charge in [0.25, 0.3) is 0 Å². The molecule has 4 nitrogen and oxygen atoms in total. The highest BCUT2D eigenvalue weighted by Gasteiger charge is 2.31. The molecule has 1 N–H and O–H groups in total. The third-order valence-corrected chi connectivity index (χ3v) is 4.62. The van der Waals surface area contributed by atoms with E-state index in [1.807, 2.05) is 0 Å². The average Bonchev–Trinajstić information content (AvgIpc) is 2.77. The first-order valence-corrected chi connectivity index (χ1v) is 7.22. The van der Waals surface area contributed by atoms with Crippen LogP contribution in [0.25, 0.3) is 0 Å². The molecule has 2 rings (SSSR count). The molecule has 0 heterocycles. The van der Waals surface area contributed by atoms with Gasteiger partial charge in [-0.05, 0) is 31.4 Å². The topological polar surface area (TPSA) is 55.4 Å². The van der Waals surface area contributed by atoms with Crippen molar-refractivity contribution in [2.24, 2.45) is 0 Å². The Hall–Kier alpha value is -0.910. The van der Waals surface area contributed by atoms with E-state index in [0.29, 0.717) is 4.90 Å². The molecule has 1 aromatic rings. The van der Waals surface area contributed by atoms with Crippen LogP contribution in [-0.2, 0) is 14.8 Å². The van der Waals surface area contributed by atoms with E-state index in [2.05, 4.69) is 4.72 Å². The molecule has 1 saturated carbocycles. The standard InChI is InChI=1S/C12H17NO3S/c1-16-12-9-5-8-11(12)13-17(14,15)10-6-3-2-4-7-10/h2-4,6-7,11-13H,5,8-9H2,1H3. The van der Waals surface area contributed by atoms with Crippen LogP contribution in [0.15, 0.2) is 35.2 Å². The largest absolute Gasteiger partial charge is 0.380 e. The summed E-state index contributed by atoms with van der Waals surface area (Å²) >= 11 is 0. The molecule has 0 bridgehead atoms. The summed E-state index contributed by atoms with van der Waals surface area (Å²) in [6.45, 7) is 0. The van der Waals surface area contributed by atoms with E-state index in [1.165, 1.54) is 0 Å². The Bertz CT molecular complexity index is 458. The van der Waals surface area contributed by atoms with E-state index < -0.39 is 10.0 Å². The second-order valence-corrected chi connectivity index (χ2v) is 5.96. The molecule has 0 radical (unpaired) electrons. The Morgan fingerprint density at radius 2 is 1.94 bits per heavy atom. The lowest BCUT2D eigenvalue weighted by Crippen LogP contribution is -2.40. The van der Waals surface area contributed by atoms with E-state index in [-0.39, 0.29) is 12.1 Å². The molecule has 1 aliphatic carbocycles. The lowest BCUT2D eigenvalue weighted by molar-refractivity contribution is 0.0916. The van der Waals surface area contributed by atoms with Gasteiger partial charge in [-0.2, -0.15) is 0 Å². The van der Waals surface area contributed by atoms with Gasteiger partial charge in [0.05, 0.1) is 11.0 Å². The molecule has 5 heteroatoms. The summed E-state index contributed by atoms with van der Waals surface area (Å²) in [4.78, 5) is 0.307. The molecular weight excluding hydrogens is 238 g/mol. The van der Waals surface area contributed by atoms with Crippen molar-refractivity contribution in [3.63, 3.8) is 0 Å². The van der Waals surface area contributed by atoms with Gasteiger partial charge in [-0.3, -0.25) is 0 Å². The van der Waals surface area contributed by atoms with Crippen LogP contribution >= 0.6 is 0 Å². The lowest BCUT2D eigenvalue weighted by Gasteiger charge is -2.19. The summed E-state index contributed by atoms with van der Waals surface area (Å²) in [5.74, 6) is 0. The van der Waals surface area contributed by atoms with Crippen molar-refractivity contribution in [2.75, 3.05) is 7.11 Å². The van der Waals surface area contributed by atoms with E-state index in [9.17, 15) is 8.42 Å². The van der Waals surface area contributed by atoms with Gasteiger partial charge < -0.3 is 4.74 Å². The third-order valence-electron chi connectivity index (χ3n) is 3.12. The quantitative estimate of drug-likeness (QED) is 0.887. The summed E-state index contributed by atoms with van der Waals surface area (Å²) in [5.41, 5.74) is 0. The fraction of sp³-hybridized carbons (Fsp3) is 0.500. The van der Waals surface area contributed by atoms with Crippen molar-refractivity contribution in [1.82, 2.24) is 4.72 Å². The maximum atomic E-state index is 12.1. The van der Waals surface area contributed by atoms with Gasteiger partial charge in [0, 0.05) is 13.2 Å². The van der Waals surface area contributed by atoms with Crippen molar-refractivity contribution in [1.29, 1.82) is 0 Å². The fourth-order valence-corrected chi connectivity index (χ4v) is 3.53. The van der Waals surface area contributed by atoms with E-state index in [4.69, 9.17) is 4.74 Å². The highest BCUT2D eigenvalue weighted by atomic mass is 32.2. The first-order valence-electron chi connectivity index (χ1n) is 5.73. The number of hydrogen-bond acceptors (Lipinski definition) is 3. The molecule has 2 unspecified atom stereocenters. The number of benzene rings is 1. The Morgan fingerprint density at radius 3 is 2.59 bits per heavy atom. The predicted molar refractivity (Wildman–Crippen MR) is 65.2 cm³/mol. The van der Waals surface area contributed by atoms with Gasteiger partial charge >= 0.3 is 0 Å². The zero-order valence-electron chi connectivity index (χ0n) is 9.80. The molecule has 2 atom stereocenters. The van der Waals surface area contributed by atoms with Crippen molar-refractivity contribution >= 4 is 10.0 Å². The van der Waals surface area contributed by atoms with Crippen molar-refractivity contribution in [3.05, 3.63) is 30.3 Å². The van der Waals surface area contributed by atoms with Crippen molar-refractivity contribution < 1.29 is 13.2 Å². The average molecular weight is 255 g/mol. The number of methoxy groups -OCH3 is 1. The van der Waals surface area contributed by atoms with Crippen LogP contribution < -0.4 is 4.72 Å². The van der Waals surface area contributed by atoms with Crippen LogP contribution in [0.2, 0.25) is 0 Å². The Labute approximate surface area is 102 Å². The molecule has 0 aromatic heterocycles. The highest BCUT2D eigenvalue weighted by Crippen LogP contribution is 2.23. The molecule has 1 aromatic carbocycles. The third kappa shape index (κ3) is 2.86. The Morgan fingerprint density at radius 1 is 1.24 bits per heavy atom. The van der Waals surface area contributed by atoms with Gasteiger partial charge in [0.15, 0.2) is 0 Å². The van der Waals surface area contributed by atoms with Crippen molar-refractivity contribution in [2.45, 2.75) is 36.3 Å². The molecule has 0 amide bonds. The molecule has 1 aliphatic rings. The van der Waals surface area contributed by atoms with Gasteiger partial charge in [-0.25, -0.2) is 13.1 Å². The summed E-state index contributed by atoms with van der Waals surface area (Å²) in [5, 5.41) is 0. The molecule has 94 valence electrons. The van der Waals surface area contributed by atoms with E-state index in [0.717, 1.165) is 19.3 Å². The highest BCUT2D eigenvalue weighted by molar-refractivity contribution is 7.89. The van der Waals surface area contributed by atoms with Crippen LogP contribution in [0.4, 0.5) is 0 Å². The SMILES string of the molecule is COC1CCCC1NS(=O)(=O)c1ccccc1. The minimum atomic E-state index is -3.42. The van der Waals surface area contributed by atoms with Crippen molar-refractivity contribution in [3.8, 4) is 0 Å². The zero-order valence-corrected chi connectivity index (χ0v) is 10.6. The molecule has 0 spiro atoms. The maximum Gasteiger partial charge on any atom is 0.240 e. The molecular formula is C12H17NO3S. The number of nitrogens with one attached hydrogen (secondary N) is 1. The Balaban J connectivity index is 2.13. The fourth-order valence-electron chi connectivity index (χ4n) is 2.21. The summed E-state index contributed by atoms with van der Waals surface area (Å²) in [7, 11) is -1.79. The second-order valence-electron chi connectivity index (χ2n) is 4.25. The van der Waals surface area contributed by atoms with Gasteiger partial charge in [-0.15, -0.1) is 0 Å². The second kappa shape index (κ2) is 5.16. The normalized spacial score (nSPS) is 25.0. The van der Waals surface area contributed by atoms with Gasteiger partial charge in [0.2, 0.25) is 10.0 Å². The summed E-state index contributed by atoms with van der Waals surface area (Å²) in [6, 6.07) is 8.32. The van der Waals surface area contributed by atoms with Gasteiger partial charge in [-0.1, -0.05) is 18.2 Å². The minimum Gasteiger partial charge on any atom is -0.380 e. The Kier molecular flexibility index (Phi) is 3.81. The van der Waals surface area contributed by atoms with Crippen LogP contribution in [0.5, 0.6) is 0 Å². The molecule has 0 aliphatic heterocycles. The van der Waals surface area contributed by atoms with Crippen LogP contribution in [0.3, 0.4) is 0 Å². The predicted octanol–water partition coefficient (Wildman–Crippen LogP) is 1.53. The van der Waals surface area contributed by atoms with Crippen LogP contribution in [0, 0.1) is 0 Å². The van der Waals surface area contributed by atoms with E-state index in [1.54, 1.807) is 37.4 Å². The van der Waals surface area contributed by atoms with Gasteiger partial charge in [0.1, 0.15) is 0 Å².